The average molecular weight is 523 g/mol. The molecule has 0 bridgehead atoms. The minimum Gasteiger partial charge on any atom is -0.357 e. The number of nitrogens with one attached hydrogen (secondary N) is 3. The summed E-state index contributed by atoms with van der Waals surface area (Å²) in [4.78, 5) is 6.98. The Morgan fingerprint density at radius 1 is 1.25 bits per heavy atom. The van der Waals surface area contributed by atoms with E-state index in [1.165, 1.54) is 5.56 Å². The van der Waals surface area contributed by atoms with Crippen LogP contribution in [0.5, 0.6) is 0 Å². The van der Waals surface area contributed by atoms with Crippen LogP contribution in [0.15, 0.2) is 35.3 Å². The van der Waals surface area contributed by atoms with Gasteiger partial charge >= 0.3 is 0 Å². The van der Waals surface area contributed by atoms with Crippen molar-refractivity contribution in [2.24, 2.45) is 4.99 Å². The van der Waals surface area contributed by atoms with Crippen LogP contribution >= 0.6 is 24.0 Å². The van der Waals surface area contributed by atoms with Crippen molar-refractivity contribution < 1.29 is 8.42 Å². The molecule has 9 heteroatoms. The van der Waals surface area contributed by atoms with E-state index in [0.717, 1.165) is 32.0 Å². The number of hydrogen-bond donors (Lipinski definition) is 3. The van der Waals surface area contributed by atoms with Crippen LogP contribution in [0.25, 0.3) is 0 Å². The number of halogens is 1. The molecule has 1 aliphatic heterocycles. The van der Waals surface area contributed by atoms with E-state index in [9.17, 15) is 8.42 Å². The van der Waals surface area contributed by atoms with Gasteiger partial charge in [0, 0.05) is 38.3 Å². The molecule has 2 rings (SSSR count). The lowest BCUT2D eigenvalue weighted by atomic mass is 10.2. The highest BCUT2D eigenvalue weighted by atomic mass is 127. The van der Waals surface area contributed by atoms with Gasteiger partial charge in [-0.05, 0) is 32.8 Å². The van der Waals surface area contributed by atoms with Crippen LogP contribution in [-0.2, 0) is 16.6 Å². The number of nitrogens with zero attached hydrogens (tertiary/aromatic N) is 2. The molecule has 7 nitrogen and oxygen atoms in total. The highest BCUT2D eigenvalue weighted by Gasteiger charge is 2.29. The van der Waals surface area contributed by atoms with E-state index in [1.807, 2.05) is 13.0 Å². The van der Waals surface area contributed by atoms with Crippen LogP contribution in [0, 0.1) is 0 Å². The van der Waals surface area contributed by atoms with Gasteiger partial charge in [-0.15, -0.1) is 24.0 Å². The summed E-state index contributed by atoms with van der Waals surface area (Å²) in [5.74, 6) is 0.832. The summed E-state index contributed by atoms with van der Waals surface area (Å²) in [5, 5.41) is 6.74. The minimum atomic E-state index is -3.16. The Labute approximate surface area is 186 Å². The van der Waals surface area contributed by atoms with Gasteiger partial charge in [0.05, 0.1) is 12.3 Å². The van der Waals surface area contributed by atoms with E-state index < -0.39 is 10.0 Å². The van der Waals surface area contributed by atoms with E-state index >= 15 is 0 Å². The van der Waals surface area contributed by atoms with Gasteiger partial charge in [0.25, 0.3) is 0 Å². The number of benzene rings is 1. The first-order chi connectivity index (χ1) is 12.9. The van der Waals surface area contributed by atoms with Crippen molar-refractivity contribution in [1.82, 2.24) is 20.3 Å². The maximum Gasteiger partial charge on any atom is 0.211 e. The SMILES string of the molecule is CCNC(=NCCNS(=O)(=O)CC)NC1CC(C)N(Cc2ccccc2)C1.I. The molecule has 0 aliphatic carbocycles. The van der Waals surface area contributed by atoms with Crippen LogP contribution in [-0.4, -0.2) is 63.3 Å². The topological polar surface area (TPSA) is 85.8 Å². The number of sulfonamides is 1. The van der Waals surface area contributed by atoms with Gasteiger partial charge in [-0.3, -0.25) is 9.89 Å². The Morgan fingerprint density at radius 2 is 1.96 bits per heavy atom. The zero-order valence-corrected chi connectivity index (χ0v) is 20.2. The van der Waals surface area contributed by atoms with Gasteiger partial charge in [0.1, 0.15) is 0 Å². The fourth-order valence-corrected chi connectivity index (χ4v) is 3.83. The van der Waals surface area contributed by atoms with Crippen LogP contribution in [0.1, 0.15) is 32.8 Å². The Balaban J connectivity index is 0.00000392. The first-order valence-electron chi connectivity index (χ1n) is 9.73. The van der Waals surface area contributed by atoms with E-state index in [4.69, 9.17) is 0 Å². The number of aliphatic imine (C=N–C) groups is 1. The Kier molecular flexibility index (Phi) is 11.3. The molecule has 1 fully saturated rings. The lowest BCUT2D eigenvalue weighted by molar-refractivity contribution is 0.258. The second-order valence-corrected chi connectivity index (χ2v) is 8.99. The second-order valence-electron chi connectivity index (χ2n) is 6.90. The Bertz CT molecular complexity index is 700. The molecule has 2 atom stereocenters. The molecule has 3 N–H and O–H groups in total. The van der Waals surface area contributed by atoms with Gasteiger partial charge < -0.3 is 10.6 Å². The molecular weight excluding hydrogens is 489 g/mol. The van der Waals surface area contributed by atoms with E-state index in [1.54, 1.807) is 6.92 Å². The molecular formula is C19H34IN5O2S. The van der Waals surface area contributed by atoms with Crippen molar-refractivity contribution in [3.8, 4) is 0 Å². The Morgan fingerprint density at radius 3 is 2.61 bits per heavy atom. The smallest absolute Gasteiger partial charge is 0.211 e. The van der Waals surface area contributed by atoms with Crippen LogP contribution in [0.4, 0.5) is 0 Å². The highest BCUT2D eigenvalue weighted by molar-refractivity contribution is 14.0. The molecule has 0 aromatic heterocycles. The standard InChI is InChI=1S/C19H33N5O2S.HI/c1-4-20-19(21-11-12-22-27(25,26)5-2)23-18-13-16(3)24(15-18)14-17-9-7-6-8-10-17;/h6-10,16,18,22H,4-5,11-15H2,1-3H3,(H2,20,21,23);1H. The molecule has 0 amide bonds. The summed E-state index contributed by atoms with van der Waals surface area (Å²) >= 11 is 0. The van der Waals surface area contributed by atoms with E-state index in [2.05, 4.69) is 56.4 Å². The fraction of sp³-hybridized carbons (Fsp3) is 0.632. The summed E-state index contributed by atoms with van der Waals surface area (Å²) in [6.07, 6.45) is 1.06. The monoisotopic (exact) mass is 523 g/mol. The summed E-state index contributed by atoms with van der Waals surface area (Å²) in [5.41, 5.74) is 1.33. The maximum atomic E-state index is 11.5. The maximum absolute atomic E-state index is 11.5. The summed E-state index contributed by atoms with van der Waals surface area (Å²) in [6.45, 7) is 9.31. The zero-order valence-electron chi connectivity index (χ0n) is 17.0. The van der Waals surface area contributed by atoms with Crippen molar-refractivity contribution in [2.45, 2.75) is 45.8 Å². The fourth-order valence-electron chi connectivity index (χ4n) is 3.23. The molecule has 1 saturated heterocycles. The van der Waals surface area contributed by atoms with Crippen LogP contribution < -0.4 is 15.4 Å². The molecule has 0 spiro atoms. The van der Waals surface area contributed by atoms with Gasteiger partial charge in [-0.25, -0.2) is 13.1 Å². The molecule has 1 aromatic rings. The second kappa shape index (κ2) is 12.6. The first kappa shape index (κ1) is 25.1. The van der Waals surface area contributed by atoms with E-state index in [0.29, 0.717) is 25.2 Å². The first-order valence-corrected chi connectivity index (χ1v) is 11.4. The predicted molar refractivity (Wildman–Crippen MR) is 127 cm³/mol. The molecule has 1 aromatic carbocycles. The predicted octanol–water partition coefficient (Wildman–Crippen LogP) is 1.76. The van der Waals surface area contributed by atoms with Crippen LogP contribution in [0.3, 0.4) is 0 Å². The number of hydrogen-bond acceptors (Lipinski definition) is 4. The van der Waals surface area contributed by atoms with Gasteiger partial charge in [-0.2, -0.15) is 0 Å². The van der Waals surface area contributed by atoms with Crippen molar-refractivity contribution in [3.05, 3.63) is 35.9 Å². The summed E-state index contributed by atoms with van der Waals surface area (Å²) in [7, 11) is -3.16. The summed E-state index contributed by atoms with van der Waals surface area (Å²) < 4.78 is 25.5. The third-order valence-electron chi connectivity index (χ3n) is 4.70. The molecule has 160 valence electrons. The van der Waals surface area contributed by atoms with Crippen molar-refractivity contribution in [2.75, 3.05) is 31.9 Å². The average Bonchev–Trinajstić information content (AvgIpc) is 2.98. The molecule has 0 radical (unpaired) electrons. The zero-order chi connectivity index (χ0) is 19.7. The molecule has 2 unspecified atom stereocenters. The summed E-state index contributed by atoms with van der Waals surface area (Å²) in [6, 6.07) is 11.4. The van der Waals surface area contributed by atoms with Gasteiger partial charge in [-0.1, -0.05) is 30.3 Å². The Hall–Kier alpha value is -0.910. The molecule has 1 aliphatic rings. The van der Waals surface area contributed by atoms with Crippen molar-refractivity contribution in [3.63, 3.8) is 0 Å². The minimum absolute atomic E-state index is 0. The normalized spacial score (nSPS) is 20.6. The number of guanidine groups is 1. The van der Waals surface area contributed by atoms with Crippen LogP contribution in [0.2, 0.25) is 0 Å². The number of likely N-dealkylation sites (tertiary alicyclic amines) is 1. The van der Waals surface area contributed by atoms with E-state index in [-0.39, 0.29) is 29.7 Å². The van der Waals surface area contributed by atoms with Gasteiger partial charge in [0.15, 0.2) is 5.96 Å². The third kappa shape index (κ3) is 8.62. The lowest BCUT2D eigenvalue weighted by Crippen LogP contribution is -2.45. The quantitative estimate of drug-likeness (QED) is 0.199. The molecule has 0 saturated carbocycles. The largest absolute Gasteiger partial charge is 0.357 e. The number of rotatable bonds is 9. The third-order valence-corrected chi connectivity index (χ3v) is 6.11. The van der Waals surface area contributed by atoms with Crippen molar-refractivity contribution in [1.29, 1.82) is 0 Å². The lowest BCUT2D eigenvalue weighted by Gasteiger charge is -2.21. The highest BCUT2D eigenvalue weighted by Crippen LogP contribution is 2.20. The van der Waals surface area contributed by atoms with Crippen molar-refractivity contribution >= 4 is 40.0 Å². The molecule has 28 heavy (non-hydrogen) atoms. The van der Waals surface area contributed by atoms with Gasteiger partial charge in [0.2, 0.25) is 10.0 Å². The molecule has 1 heterocycles.